The SMILES string of the molecule is COC(COc1ccccc1C(N)=O)OC. The molecule has 0 saturated heterocycles. The van der Waals surface area contributed by atoms with E-state index in [1.807, 2.05) is 0 Å². The highest BCUT2D eigenvalue weighted by atomic mass is 16.7. The lowest BCUT2D eigenvalue weighted by Crippen LogP contribution is -2.23. The van der Waals surface area contributed by atoms with Gasteiger partial charge in [0.05, 0.1) is 5.56 Å². The molecule has 16 heavy (non-hydrogen) atoms. The van der Waals surface area contributed by atoms with Crippen LogP contribution in [0.15, 0.2) is 24.3 Å². The van der Waals surface area contributed by atoms with Crippen LogP contribution in [-0.2, 0) is 9.47 Å². The van der Waals surface area contributed by atoms with Crippen molar-refractivity contribution in [3.63, 3.8) is 0 Å². The molecule has 0 aliphatic rings. The van der Waals surface area contributed by atoms with Gasteiger partial charge in [0.25, 0.3) is 5.91 Å². The van der Waals surface area contributed by atoms with Crippen LogP contribution in [0.25, 0.3) is 0 Å². The van der Waals surface area contributed by atoms with Crippen molar-refractivity contribution in [1.29, 1.82) is 0 Å². The van der Waals surface area contributed by atoms with E-state index in [9.17, 15) is 4.79 Å². The molecule has 2 N–H and O–H groups in total. The Bertz CT molecular complexity index is 350. The molecule has 0 radical (unpaired) electrons. The zero-order valence-corrected chi connectivity index (χ0v) is 9.30. The van der Waals surface area contributed by atoms with Gasteiger partial charge < -0.3 is 19.9 Å². The van der Waals surface area contributed by atoms with Gasteiger partial charge in [-0.1, -0.05) is 12.1 Å². The van der Waals surface area contributed by atoms with Crippen molar-refractivity contribution in [2.24, 2.45) is 5.73 Å². The average Bonchev–Trinajstić information content (AvgIpc) is 2.30. The fourth-order valence-corrected chi connectivity index (χ4v) is 1.19. The van der Waals surface area contributed by atoms with Crippen molar-refractivity contribution in [2.45, 2.75) is 6.29 Å². The van der Waals surface area contributed by atoms with Gasteiger partial charge in [-0.15, -0.1) is 0 Å². The number of para-hydroxylation sites is 1. The van der Waals surface area contributed by atoms with Crippen molar-refractivity contribution < 1.29 is 19.0 Å². The molecular formula is C11H15NO4. The Morgan fingerprint density at radius 2 is 1.94 bits per heavy atom. The minimum absolute atomic E-state index is 0.192. The number of carbonyl (C=O) groups is 1. The number of rotatable bonds is 6. The van der Waals surface area contributed by atoms with Crippen LogP contribution in [0, 0.1) is 0 Å². The average molecular weight is 225 g/mol. The lowest BCUT2D eigenvalue weighted by Gasteiger charge is -2.15. The molecule has 1 rings (SSSR count). The maximum absolute atomic E-state index is 11.1. The molecule has 1 aromatic rings. The summed E-state index contributed by atoms with van der Waals surface area (Å²) >= 11 is 0. The maximum atomic E-state index is 11.1. The second-order valence-electron chi connectivity index (χ2n) is 3.07. The van der Waals surface area contributed by atoms with Crippen LogP contribution in [0.5, 0.6) is 5.75 Å². The molecule has 1 aromatic carbocycles. The lowest BCUT2D eigenvalue weighted by atomic mass is 10.2. The molecule has 5 nitrogen and oxygen atoms in total. The highest BCUT2D eigenvalue weighted by Gasteiger charge is 2.11. The Labute approximate surface area is 94.1 Å². The van der Waals surface area contributed by atoms with Gasteiger partial charge >= 0.3 is 0 Å². The molecule has 88 valence electrons. The van der Waals surface area contributed by atoms with Gasteiger partial charge in [-0.2, -0.15) is 0 Å². The van der Waals surface area contributed by atoms with Crippen LogP contribution in [0.1, 0.15) is 10.4 Å². The van der Waals surface area contributed by atoms with Crippen molar-refractivity contribution in [1.82, 2.24) is 0 Å². The Hall–Kier alpha value is -1.59. The van der Waals surface area contributed by atoms with Crippen LogP contribution in [0.4, 0.5) is 0 Å². The van der Waals surface area contributed by atoms with Gasteiger partial charge in [-0.05, 0) is 12.1 Å². The normalized spacial score (nSPS) is 10.4. The number of carbonyl (C=O) groups excluding carboxylic acids is 1. The monoisotopic (exact) mass is 225 g/mol. The minimum atomic E-state index is -0.526. The van der Waals surface area contributed by atoms with Crippen molar-refractivity contribution in [3.05, 3.63) is 29.8 Å². The molecule has 0 atom stereocenters. The number of hydrogen-bond donors (Lipinski definition) is 1. The number of benzene rings is 1. The number of ether oxygens (including phenoxy) is 3. The van der Waals surface area contributed by atoms with E-state index in [0.29, 0.717) is 11.3 Å². The van der Waals surface area contributed by atoms with Gasteiger partial charge in [0.15, 0.2) is 6.29 Å². The second kappa shape index (κ2) is 6.09. The Kier molecular flexibility index (Phi) is 4.75. The minimum Gasteiger partial charge on any atom is -0.487 e. The largest absolute Gasteiger partial charge is 0.487 e. The third-order valence-corrected chi connectivity index (χ3v) is 2.05. The number of methoxy groups -OCH3 is 2. The summed E-state index contributed by atoms with van der Waals surface area (Å²) in [5, 5.41) is 0. The van der Waals surface area contributed by atoms with E-state index in [4.69, 9.17) is 19.9 Å². The third-order valence-electron chi connectivity index (χ3n) is 2.05. The molecule has 0 unspecified atom stereocenters. The quantitative estimate of drug-likeness (QED) is 0.726. The summed E-state index contributed by atoms with van der Waals surface area (Å²) < 4.78 is 15.3. The molecule has 0 spiro atoms. The van der Waals surface area contributed by atoms with E-state index in [1.165, 1.54) is 14.2 Å². The van der Waals surface area contributed by atoms with Crippen LogP contribution in [-0.4, -0.2) is 33.0 Å². The number of amides is 1. The van der Waals surface area contributed by atoms with Gasteiger partial charge in [0.2, 0.25) is 0 Å². The van der Waals surface area contributed by atoms with Crippen LogP contribution in [0.3, 0.4) is 0 Å². The molecule has 0 heterocycles. The third kappa shape index (κ3) is 3.22. The van der Waals surface area contributed by atoms with Gasteiger partial charge in [-0.25, -0.2) is 0 Å². The summed E-state index contributed by atoms with van der Waals surface area (Å²) in [6.45, 7) is 0.192. The van der Waals surface area contributed by atoms with E-state index >= 15 is 0 Å². The standard InChI is InChI=1S/C11H15NO4/c1-14-10(15-2)7-16-9-6-4-3-5-8(9)11(12)13/h3-6,10H,7H2,1-2H3,(H2,12,13). The topological polar surface area (TPSA) is 70.8 Å². The predicted molar refractivity (Wildman–Crippen MR) is 58.3 cm³/mol. The summed E-state index contributed by atoms with van der Waals surface area (Å²) in [5.41, 5.74) is 5.55. The summed E-state index contributed by atoms with van der Waals surface area (Å²) in [5.74, 6) is -0.101. The first-order valence-electron chi connectivity index (χ1n) is 4.76. The summed E-state index contributed by atoms with van der Waals surface area (Å²) in [4.78, 5) is 11.1. The van der Waals surface area contributed by atoms with Gasteiger partial charge in [0.1, 0.15) is 12.4 Å². The number of primary amides is 1. The first kappa shape index (κ1) is 12.5. The molecule has 0 fully saturated rings. The molecule has 0 aliphatic carbocycles. The van der Waals surface area contributed by atoms with Crippen molar-refractivity contribution in [3.8, 4) is 5.75 Å². The van der Waals surface area contributed by atoms with E-state index in [1.54, 1.807) is 24.3 Å². The predicted octanol–water partition coefficient (Wildman–Crippen LogP) is 0.783. The second-order valence-corrected chi connectivity index (χ2v) is 3.07. The van der Waals surface area contributed by atoms with Gasteiger partial charge in [0, 0.05) is 14.2 Å². The highest BCUT2D eigenvalue weighted by molar-refractivity contribution is 5.95. The Balaban J connectivity index is 2.69. The fourth-order valence-electron chi connectivity index (χ4n) is 1.19. The molecule has 0 bridgehead atoms. The zero-order chi connectivity index (χ0) is 12.0. The zero-order valence-electron chi connectivity index (χ0n) is 9.30. The summed E-state index contributed by atoms with van der Waals surface area (Å²) in [7, 11) is 3.02. The molecule has 0 saturated carbocycles. The van der Waals surface area contributed by atoms with E-state index in [2.05, 4.69) is 0 Å². The Morgan fingerprint density at radius 3 is 2.50 bits per heavy atom. The highest BCUT2D eigenvalue weighted by Crippen LogP contribution is 2.17. The molecule has 0 aliphatic heterocycles. The lowest BCUT2D eigenvalue weighted by molar-refractivity contribution is -0.122. The first-order valence-corrected chi connectivity index (χ1v) is 4.76. The molecule has 1 amide bonds. The van der Waals surface area contributed by atoms with E-state index < -0.39 is 12.2 Å². The van der Waals surface area contributed by atoms with E-state index in [-0.39, 0.29) is 6.61 Å². The van der Waals surface area contributed by atoms with Crippen molar-refractivity contribution in [2.75, 3.05) is 20.8 Å². The van der Waals surface area contributed by atoms with Crippen LogP contribution in [0.2, 0.25) is 0 Å². The summed E-state index contributed by atoms with van der Waals surface area (Å²) in [6.07, 6.45) is -0.471. The fraction of sp³-hybridized carbons (Fsp3) is 0.364. The number of hydrogen-bond acceptors (Lipinski definition) is 4. The first-order chi connectivity index (χ1) is 7.69. The Morgan fingerprint density at radius 1 is 1.31 bits per heavy atom. The molecule has 5 heteroatoms. The number of nitrogens with two attached hydrogens (primary N) is 1. The van der Waals surface area contributed by atoms with Crippen LogP contribution >= 0.6 is 0 Å². The maximum Gasteiger partial charge on any atom is 0.252 e. The smallest absolute Gasteiger partial charge is 0.252 e. The van der Waals surface area contributed by atoms with Gasteiger partial charge in [-0.3, -0.25) is 4.79 Å². The molecular weight excluding hydrogens is 210 g/mol. The van der Waals surface area contributed by atoms with Crippen molar-refractivity contribution >= 4 is 5.91 Å². The summed E-state index contributed by atoms with van der Waals surface area (Å²) in [6, 6.07) is 6.75. The van der Waals surface area contributed by atoms with Crippen LogP contribution < -0.4 is 10.5 Å². The molecule has 0 aromatic heterocycles. The van der Waals surface area contributed by atoms with E-state index in [0.717, 1.165) is 0 Å².